The first kappa shape index (κ1) is 15.1. The van der Waals surface area contributed by atoms with Gasteiger partial charge in [0.25, 0.3) is 10.0 Å². The van der Waals surface area contributed by atoms with Crippen molar-refractivity contribution < 1.29 is 8.42 Å². The predicted octanol–water partition coefficient (Wildman–Crippen LogP) is 3.19. The van der Waals surface area contributed by atoms with Crippen molar-refractivity contribution in [3.05, 3.63) is 45.7 Å². The van der Waals surface area contributed by atoms with Crippen molar-refractivity contribution in [1.29, 1.82) is 0 Å². The van der Waals surface area contributed by atoms with Gasteiger partial charge < -0.3 is 5.73 Å². The molecule has 2 aromatic rings. The maximum atomic E-state index is 12.3. The first-order chi connectivity index (χ1) is 9.29. The normalized spacial score (nSPS) is 11.3. The number of pyridine rings is 1. The minimum Gasteiger partial charge on any atom is -0.397 e. The lowest BCUT2D eigenvalue weighted by Crippen LogP contribution is -2.14. The Kier molecular flexibility index (Phi) is 4.22. The van der Waals surface area contributed by atoms with E-state index < -0.39 is 10.0 Å². The number of nitrogens with zero attached hydrogens (tertiary/aromatic N) is 1. The third-order valence-corrected chi connectivity index (χ3v) is 4.72. The Morgan fingerprint density at radius 2 is 2.00 bits per heavy atom. The maximum Gasteiger partial charge on any atom is 0.262 e. The summed E-state index contributed by atoms with van der Waals surface area (Å²) in [5, 5.41) is 0.311. The van der Waals surface area contributed by atoms with Crippen molar-refractivity contribution >= 4 is 48.9 Å². The summed E-state index contributed by atoms with van der Waals surface area (Å²) >= 11 is 9.00. The molecule has 1 aromatic carbocycles. The van der Waals surface area contributed by atoms with Gasteiger partial charge in [0.05, 0.1) is 27.0 Å². The molecular formula is C12H11BrClN3O2S. The van der Waals surface area contributed by atoms with Crippen molar-refractivity contribution in [2.75, 3.05) is 10.5 Å². The number of aryl methyl sites for hydroxylation is 1. The first-order valence-corrected chi connectivity index (χ1v) is 8.16. The average molecular weight is 377 g/mol. The standard InChI is InChI=1S/C12H11BrClN3O2S/c1-7-11(4-5-12(13)16-7)17-20(18,19)8-2-3-9(14)10(15)6-8/h2-6,17H,15H2,1H3. The van der Waals surface area contributed by atoms with Crippen LogP contribution in [0.15, 0.2) is 39.8 Å². The number of benzene rings is 1. The summed E-state index contributed by atoms with van der Waals surface area (Å²) in [6.45, 7) is 1.71. The van der Waals surface area contributed by atoms with Crippen LogP contribution in [0.4, 0.5) is 11.4 Å². The zero-order valence-electron chi connectivity index (χ0n) is 10.4. The fourth-order valence-corrected chi connectivity index (χ4v) is 3.20. The molecule has 1 aromatic heterocycles. The van der Waals surface area contributed by atoms with E-state index in [0.717, 1.165) is 0 Å². The van der Waals surface area contributed by atoms with E-state index in [0.29, 0.717) is 21.0 Å². The fraction of sp³-hybridized carbons (Fsp3) is 0.0833. The number of nitrogens with two attached hydrogens (primary N) is 1. The van der Waals surface area contributed by atoms with Gasteiger partial charge in [0.1, 0.15) is 4.60 Å². The van der Waals surface area contributed by atoms with Crippen LogP contribution in [0.1, 0.15) is 5.69 Å². The molecular weight excluding hydrogens is 366 g/mol. The van der Waals surface area contributed by atoms with E-state index in [4.69, 9.17) is 17.3 Å². The highest BCUT2D eigenvalue weighted by Gasteiger charge is 2.16. The molecule has 0 atom stereocenters. The minimum atomic E-state index is -3.73. The van der Waals surface area contributed by atoms with Gasteiger partial charge in [0.15, 0.2) is 0 Å². The van der Waals surface area contributed by atoms with E-state index in [2.05, 4.69) is 25.6 Å². The molecule has 0 aliphatic rings. The molecule has 20 heavy (non-hydrogen) atoms. The second kappa shape index (κ2) is 5.59. The van der Waals surface area contributed by atoms with E-state index in [-0.39, 0.29) is 10.6 Å². The average Bonchev–Trinajstić information content (AvgIpc) is 2.36. The van der Waals surface area contributed by atoms with Gasteiger partial charge in [-0.1, -0.05) is 11.6 Å². The molecule has 0 unspecified atom stereocenters. The lowest BCUT2D eigenvalue weighted by atomic mass is 10.3. The minimum absolute atomic E-state index is 0.0433. The quantitative estimate of drug-likeness (QED) is 0.636. The van der Waals surface area contributed by atoms with Crippen molar-refractivity contribution in [3.63, 3.8) is 0 Å². The molecule has 0 saturated carbocycles. The first-order valence-electron chi connectivity index (χ1n) is 5.50. The highest BCUT2D eigenvalue weighted by molar-refractivity contribution is 9.10. The van der Waals surface area contributed by atoms with E-state index in [9.17, 15) is 8.42 Å². The summed E-state index contributed by atoms with van der Waals surface area (Å²) in [4.78, 5) is 4.17. The monoisotopic (exact) mass is 375 g/mol. The molecule has 5 nitrogen and oxygen atoms in total. The second-order valence-electron chi connectivity index (χ2n) is 4.06. The molecule has 0 amide bonds. The summed E-state index contributed by atoms with van der Waals surface area (Å²) in [6.07, 6.45) is 0. The number of nitrogens with one attached hydrogen (secondary N) is 1. The predicted molar refractivity (Wildman–Crippen MR) is 83.3 cm³/mol. The van der Waals surface area contributed by atoms with Crippen LogP contribution in [0, 0.1) is 6.92 Å². The second-order valence-corrected chi connectivity index (χ2v) is 6.96. The van der Waals surface area contributed by atoms with Gasteiger partial charge in [-0.05, 0) is 53.2 Å². The molecule has 0 spiro atoms. The summed E-state index contributed by atoms with van der Waals surface area (Å²) in [5.74, 6) is 0. The smallest absolute Gasteiger partial charge is 0.262 e. The number of nitrogen functional groups attached to an aromatic ring is 1. The molecule has 106 valence electrons. The van der Waals surface area contributed by atoms with Crippen LogP contribution in [0.25, 0.3) is 0 Å². The van der Waals surface area contributed by atoms with Gasteiger partial charge in [-0.2, -0.15) is 0 Å². The number of rotatable bonds is 3. The summed E-state index contributed by atoms with van der Waals surface area (Å²) in [5.41, 5.74) is 6.79. The number of anilines is 2. The Bertz CT molecular complexity index is 765. The highest BCUT2D eigenvalue weighted by Crippen LogP contribution is 2.25. The summed E-state index contributed by atoms with van der Waals surface area (Å²) in [6, 6.07) is 7.43. The van der Waals surface area contributed by atoms with Crippen LogP contribution in [0.5, 0.6) is 0 Å². The van der Waals surface area contributed by atoms with Gasteiger partial charge in [0.2, 0.25) is 0 Å². The van der Waals surface area contributed by atoms with Crippen LogP contribution < -0.4 is 10.5 Å². The zero-order valence-corrected chi connectivity index (χ0v) is 13.6. The topological polar surface area (TPSA) is 85.1 Å². The number of aromatic nitrogens is 1. The summed E-state index contributed by atoms with van der Waals surface area (Å²) in [7, 11) is -3.73. The Morgan fingerprint density at radius 3 is 2.60 bits per heavy atom. The van der Waals surface area contributed by atoms with Crippen LogP contribution >= 0.6 is 27.5 Å². The molecule has 0 fully saturated rings. The fourth-order valence-electron chi connectivity index (χ4n) is 1.53. The van der Waals surface area contributed by atoms with Crippen molar-refractivity contribution in [2.45, 2.75) is 11.8 Å². The van der Waals surface area contributed by atoms with E-state index >= 15 is 0 Å². The van der Waals surface area contributed by atoms with E-state index in [1.807, 2.05) is 0 Å². The van der Waals surface area contributed by atoms with Crippen molar-refractivity contribution in [2.24, 2.45) is 0 Å². The highest BCUT2D eigenvalue weighted by atomic mass is 79.9. The van der Waals surface area contributed by atoms with Gasteiger partial charge >= 0.3 is 0 Å². The van der Waals surface area contributed by atoms with E-state index in [1.165, 1.54) is 18.2 Å². The molecule has 0 bridgehead atoms. The number of sulfonamides is 1. The Labute approximate surface area is 130 Å². The van der Waals surface area contributed by atoms with Gasteiger partial charge in [-0.3, -0.25) is 4.72 Å². The van der Waals surface area contributed by atoms with Crippen LogP contribution in [0.2, 0.25) is 5.02 Å². The molecule has 3 N–H and O–H groups in total. The summed E-state index contributed by atoms with van der Waals surface area (Å²) < 4.78 is 27.6. The molecule has 8 heteroatoms. The van der Waals surface area contributed by atoms with Crippen molar-refractivity contribution in [1.82, 2.24) is 4.98 Å². The Balaban J connectivity index is 2.38. The van der Waals surface area contributed by atoms with Gasteiger partial charge in [-0.25, -0.2) is 13.4 Å². The van der Waals surface area contributed by atoms with E-state index in [1.54, 1.807) is 19.1 Å². The zero-order chi connectivity index (χ0) is 14.9. The molecule has 1 heterocycles. The van der Waals surface area contributed by atoms with Gasteiger partial charge in [-0.15, -0.1) is 0 Å². The lowest BCUT2D eigenvalue weighted by Gasteiger charge is -2.11. The number of hydrogen-bond donors (Lipinski definition) is 2. The molecule has 0 radical (unpaired) electrons. The SMILES string of the molecule is Cc1nc(Br)ccc1NS(=O)(=O)c1ccc(Cl)c(N)c1. The maximum absolute atomic E-state index is 12.3. The largest absolute Gasteiger partial charge is 0.397 e. The third kappa shape index (κ3) is 3.23. The molecule has 0 saturated heterocycles. The van der Waals surface area contributed by atoms with Crippen LogP contribution in [0.3, 0.4) is 0 Å². The third-order valence-electron chi connectivity index (χ3n) is 2.57. The molecule has 2 rings (SSSR count). The number of hydrogen-bond acceptors (Lipinski definition) is 4. The van der Waals surface area contributed by atoms with Crippen LogP contribution in [-0.4, -0.2) is 13.4 Å². The van der Waals surface area contributed by atoms with Gasteiger partial charge in [0, 0.05) is 0 Å². The molecule has 0 aliphatic heterocycles. The van der Waals surface area contributed by atoms with Crippen molar-refractivity contribution in [3.8, 4) is 0 Å². The Hall–Kier alpha value is -1.31. The van der Waals surface area contributed by atoms with Crippen LogP contribution in [-0.2, 0) is 10.0 Å². The molecule has 0 aliphatic carbocycles. The number of halogens is 2. The lowest BCUT2D eigenvalue weighted by molar-refractivity contribution is 0.601. The Morgan fingerprint density at radius 1 is 1.30 bits per heavy atom.